The number of hydrogen-bond donors (Lipinski definition) is 0. The average molecular weight is 766 g/mol. The van der Waals surface area contributed by atoms with Gasteiger partial charge in [0.25, 0.3) is 0 Å². The Morgan fingerprint density at radius 3 is 1.23 bits per heavy atom. The molecule has 0 amide bonds. The fraction of sp³-hybridized carbons (Fsp3) is 0.389. The molecule has 16 heteroatoms. The van der Waals surface area contributed by atoms with Crippen molar-refractivity contribution in [2.45, 2.75) is 51.4 Å². The summed E-state index contributed by atoms with van der Waals surface area (Å²) in [5, 5.41) is 0.0664. The molecule has 0 saturated heterocycles. The van der Waals surface area contributed by atoms with Gasteiger partial charge in [0.1, 0.15) is 23.0 Å². The molecule has 14 nitrogen and oxygen atoms in total. The van der Waals surface area contributed by atoms with Crippen molar-refractivity contribution >= 4 is 59.4 Å². The van der Waals surface area contributed by atoms with Crippen LogP contribution in [0.2, 0.25) is 10.0 Å². The molecule has 1 fully saturated rings. The molecule has 0 spiro atoms. The highest BCUT2D eigenvalue weighted by molar-refractivity contribution is 6.32. The largest absolute Gasteiger partial charge is 0.513 e. The zero-order chi connectivity index (χ0) is 37.9. The quantitative estimate of drug-likeness (QED) is 0.0367. The molecule has 1 saturated carbocycles. The summed E-state index contributed by atoms with van der Waals surface area (Å²) in [6.45, 7) is 7.02. The number of halogens is 2. The summed E-state index contributed by atoms with van der Waals surface area (Å²) in [6, 6.07) is 8.17. The van der Waals surface area contributed by atoms with Crippen LogP contribution in [0.25, 0.3) is 0 Å². The first kappa shape index (κ1) is 41.3. The topological polar surface area (TPSA) is 176 Å². The second-order valence-electron chi connectivity index (χ2n) is 11.1. The van der Waals surface area contributed by atoms with Crippen LogP contribution in [0.15, 0.2) is 61.7 Å². The number of carbonyl (C=O) groups is 6. The van der Waals surface area contributed by atoms with Gasteiger partial charge in [-0.1, -0.05) is 36.4 Å². The van der Waals surface area contributed by atoms with Gasteiger partial charge in [-0.3, -0.25) is 9.59 Å². The highest BCUT2D eigenvalue weighted by atomic mass is 35.5. The third-order valence-corrected chi connectivity index (χ3v) is 7.95. The SMILES string of the molecule is C=CC(=O)OCCCCOC(=O)Oc1ccc(OC(=O)[C@H]2CC[C@H](C(=O)Oc3ccc(OC(=O)OCCCCOC(=O)C=C)cc3Cl)CC2)c(Cl)c1. The molecule has 0 aliphatic heterocycles. The minimum absolute atomic E-state index is 0.0332. The maximum Gasteiger partial charge on any atom is 0.513 e. The fourth-order valence-corrected chi connectivity index (χ4v) is 5.06. The lowest BCUT2D eigenvalue weighted by atomic mass is 9.82. The van der Waals surface area contributed by atoms with E-state index in [0.717, 1.165) is 12.2 Å². The summed E-state index contributed by atoms with van der Waals surface area (Å²) in [7, 11) is 0. The van der Waals surface area contributed by atoms with Gasteiger partial charge < -0.3 is 37.9 Å². The fourth-order valence-electron chi connectivity index (χ4n) is 4.64. The molecule has 52 heavy (non-hydrogen) atoms. The van der Waals surface area contributed by atoms with Crippen molar-refractivity contribution in [2.24, 2.45) is 11.8 Å². The van der Waals surface area contributed by atoms with Crippen molar-refractivity contribution in [3.8, 4) is 23.0 Å². The summed E-state index contributed by atoms with van der Waals surface area (Å²) in [5.74, 6) is -2.78. The number of unbranched alkanes of at least 4 members (excludes halogenated alkanes) is 2. The molecule has 0 heterocycles. The molecule has 0 unspecified atom stereocenters. The van der Waals surface area contributed by atoms with Crippen molar-refractivity contribution in [3.63, 3.8) is 0 Å². The zero-order valence-electron chi connectivity index (χ0n) is 28.1. The molecule has 2 aromatic carbocycles. The van der Waals surface area contributed by atoms with E-state index in [9.17, 15) is 28.8 Å². The number of benzene rings is 2. The van der Waals surface area contributed by atoms with E-state index in [1.54, 1.807) is 0 Å². The van der Waals surface area contributed by atoms with Gasteiger partial charge in [0, 0.05) is 24.3 Å². The van der Waals surface area contributed by atoms with Crippen LogP contribution in [0, 0.1) is 11.8 Å². The Labute approximate surface area is 309 Å². The molecular formula is C36H38Cl2O14. The van der Waals surface area contributed by atoms with E-state index in [-0.39, 0.29) is 59.5 Å². The summed E-state index contributed by atoms with van der Waals surface area (Å²) >= 11 is 12.5. The molecule has 1 aliphatic rings. The van der Waals surface area contributed by atoms with Gasteiger partial charge in [0.15, 0.2) is 0 Å². The van der Waals surface area contributed by atoms with E-state index in [0.29, 0.717) is 51.4 Å². The Balaban J connectivity index is 1.36. The molecular weight excluding hydrogens is 727 g/mol. The molecule has 0 bridgehead atoms. The summed E-state index contributed by atoms with van der Waals surface area (Å²) in [5.41, 5.74) is 0. The van der Waals surface area contributed by atoms with Crippen LogP contribution in [0.1, 0.15) is 51.4 Å². The number of rotatable bonds is 18. The Kier molecular flexibility index (Phi) is 17.5. The van der Waals surface area contributed by atoms with Crippen LogP contribution < -0.4 is 18.9 Å². The van der Waals surface area contributed by atoms with Crippen LogP contribution in [0.4, 0.5) is 9.59 Å². The third kappa shape index (κ3) is 14.6. The van der Waals surface area contributed by atoms with E-state index in [1.165, 1.54) is 36.4 Å². The second-order valence-corrected chi connectivity index (χ2v) is 11.9. The first-order chi connectivity index (χ1) is 25.0. The molecule has 0 N–H and O–H groups in total. The van der Waals surface area contributed by atoms with E-state index in [4.69, 9.17) is 61.1 Å². The molecule has 0 atom stereocenters. The lowest BCUT2D eigenvalue weighted by Crippen LogP contribution is -2.30. The Bertz CT molecular complexity index is 1480. The predicted octanol–water partition coefficient (Wildman–Crippen LogP) is 7.36. The van der Waals surface area contributed by atoms with Crippen molar-refractivity contribution in [2.75, 3.05) is 26.4 Å². The van der Waals surface area contributed by atoms with Crippen molar-refractivity contribution in [3.05, 3.63) is 71.8 Å². The minimum atomic E-state index is -0.958. The maximum absolute atomic E-state index is 12.9. The van der Waals surface area contributed by atoms with Gasteiger partial charge >= 0.3 is 36.2 Å². The molecule has 3 rings (SSSR count). The molecule has 1 aliphatic carbocycles. The lowest BCUT2D eigenvalue weighted by molar-refractivity contribution is -0.145. The van der Waals surface area contributed by atoms with E-state index < -0.39 is 48.0 Å². The van der Waals surface area contributed by atoms with Gasteiger partial charge in [-0.25, -0.2) is 19.2 Å². The molecule has 280 valence electrons. The molecule has 0 aromatic heterocycles. The first-order valence-corrected chi connectivity index (χ1v) is 17.0. The lowest BCUT2D eigenvalue weighted by Gasteiger charge is -2.26. The number of esters is 4. The first-order valence-electron chi connectivity index (χ1n) is 16.3. The van der Waals surface area contributed by atoms with E-state index >= 15 is 0 Å². The van der Waals surface area contributed by atoms with Gasteiger partial charge in [0.2, 0.25) is 0 Å². The summed E-state index contributed by atoms with van der Waals surface area (Å²) in [4.78, 5) is 71.6. The van der Waals surface area contributed by atoms with Crippen LogP contribution >= 0.6 is 23.2 Å². The third-order valence-electron chi connectivity index (χ3n) is 7.36. The van der Waals surface area contributed by atoms with Crippen molar-refractivity contribution < 1.29 is 66.7 Å². The van der Waals surface area contributed by atoms with Gasteiger partial charge in [-0.15, -0.1) is 0 Å². The normalized spacial score (nSPS) is 14.9. The Morgan fingerprint density at radius 2 is 0.904 bits per heavy atom. The molecule has 2 aromatic rings. The van der Waals surface area contributed by atoms with Crippen molar-refractivity contribution in [1.29, 1.82) is 0 Å². The number of carbonyl (C=O) groups excluding carboxylic acids is 6. The maximum atomic E-state index is 12.9. The highest BCUT2D eigenvalue weighted by Crippen LogP contribution is 2.35. The number of hydrogen-bond acceptors (Lipinski definition) is 14. The zero-order valence-corrected chi connectivity index (χ0v) is 29.7. The minimum Gasteiger partial charge on any atom is -0.463 e. The summed E-state index contributed by atoms with van der Waals surface area (Å²) in [6.07, 6.45) is 3.51. The number of ether oxygens (including phenoxy) is 8. The monoisotopic (exact) mass is 764 g/mol. The molecule has 0 radical (unpaired) electrons. The van der Waals surface area contributed by atoms with Crippen LogP contribution in [-0.4, -0.2) is 62.6 Å². The van der Waals surface area contributed by atoms with Gasteiger partial charge in [-0.2, -0.15) is 0 Å². The van der Waals surface area contributed by atoms with Crippen LogP contribution in [-0.2, 0) is 38.1 Å². The average Bonchev–Trinajstić information content (AvgIpc) is 3.13. The van der Waals surface area contributed by atoms with E-state index in [1.807, 2.05) is 0 Å². The smallest absolute Gasteiger partial charge is 0.463 e. The Hall–Kier alpha value is -5.08. The van der Waals surface area contributed by atoms with Crippen molar-refractivity contribution in [1.82, 2.24) is 0 Å². The second kappa shape index (κ2) is 22.0. The van der Waals surface area contributed by atoms with E-state index in [2.05, 4.69) is 13.2 Å². The van der Waals surface area contributed by atoms with Crippen LogP contribution in [0.3, 0.4) is 0 Å². The highest BCUT2D eigenvalue weighted by Gasteiger charge is 2.33. The Morgan fingerprint density at radius 1 is 0.558 bits per heavy atom. The predicted molar refractivity (Wildman–Crippen MR) is 184 cm³/mol. The van der Waals surface area contributed by atoms with Crippen LogP contribution in [0.5, 0.6) is 23.0 Å². The van der Waals surface area contributed by atoms with Gasteiger partial charge in [-0.05, 0) is 75.6 Å². The summed E-state index contributed by atoms with van der Waals surface area (Å²) < 4.78 is 40.8. The standard InChI is InChI=1S/C36H38Cl2O14/c1-3-31(39)45-17-5-7-19-47-35(43)49-25-13-15-29(27(37)21-25)51-33(41)23-9-11-24(12-10-23)34(42)52-30-16-14-26(22-28(30)38)50-36(44)48-20-8-6-18-46-32(40)4-2/h3-4,13-16,21-24H,1-2,5-12,17-20H2/t23-,24-. The van der Waals surface area contributed by atoms with Gasteiger partial charge in [0.05, 0.1) is 48.3 Å².